The maximum Gasteiger partial charge on any atom is 0.232 e. The summed E-state index contributed by atoms with van der Waals surface area (Å²) in [5, 5.41) is 3.18. The summed E-state index contributed by atoms with van der Waals surface area (Å²) in [7, 11) is 3.62. The minimum Gasteiger partial charge on any atom is -0.497 e. The zero-order valence-corrected chi connectivity index (χ0v) is 14.1. The number of halogens is 1. The van der Waals surface area contributed by atoms with Gasteiger partial charge < -0.3 is 15.0 Å². The van der Waals surface area contributed by atoms with E-state index in [2.05, 4.69) is 5.32 Å². The molecule has 1 N–H and O–H groups in total. The van der Waals surface area contributed by atoms with Gasteiger partial charge in [-0.2, -0.15) is 0 Å². The Morgan fingerprint density at radius 2 is 2.14 bits per heavy atom. The number of ether oxygens (including phenoxy) is 1. The van der Waals surface area contributed by atoms with Crippen LogP contribution in [0.2, 0.25) is 0 Å². The van der Waals surface area contributed by atoms with Crippen LogP contribution in [0.5, 0.6) is 5.75 Å². The van der Waals surface area contributed by atoms with E-state index in [1.54, 1.807) is 18.9 Å². The van der Waals surface area contributed by atoms with Crippen molar-refractivity contribution in [3.8, 4) is 5.75 Å². The van der Waals surface area contributed by atoms with E-state index in [1.165, 1.54) is 0 Å². The fourth-order valence-corrected chi connectivity index (χ4v) is 3.22. The fourth-order valence-electron chi connectivity index (χ4n) is 2.42. The second-order valence-electron chi connectivity index (χ2n) is 5.02. The third kappa shape index (κ3) is 5.41. The van der Waals surface area contributed by atoms with Gasteiger partial charge in [0.05, 0.1) is 12.9 Å². The first-order chi connectivity index (χ1) is 9.72. The van der Waals surface area contributed by atoms with E-state index in [0.29, 0.717) is 11.7 Å². The Kier molecular flexibility index (Phi) is 7.93. The summed E-state index contributed by atoms with van der Waals surface area (Å²) in [5.41, 5.74) is 0. The predicted molar refractivity (Wildman–Crippen MR) is 89.6 cm³/mol. The Hall–Kier alpha value is -0.910. The molecule has 1 aliphatic rings. The lowest BCUT2D eigenvalue weighted by Crippen LogP contribution is -2.31. The monoisotopic (exact) mass is 330 g/mol. The van der Waals surface area contributed by atoms with Crippen LogP contribution >= 0.6 is 24.2 Å². The number of likely N-dealkylation sites (tertiary alicyclic amines) is 1. The molecule has 6 heteroatoms. The number of hydrogen-bond donors (Lipinski definition) is 1. The summed E-state index contributed by atoms with van der Waals surface area (Å²) in [6.45, 7) is 2.78. The van der Waals surface area contributed by atoms with Crippen LogP contribution in [-0.4, -0.2) is 50.4 Å². The number of methoxy groups -OCH3 is 1. The van der Waals surface area contributed by atoms with E-state index in [0.717, 1.165) is 36.7 Å². The Bertz CT molecular complexity index is 442. The lowest BCUT2D eigenvalue weighted by atomic mass is 10.1. The van der Waals surface area contributed by atoms with Gasteiger partial charge in [0.25, 0.3) is 0 Å². The van der Waals surface area contributed by atoms with Crippen molar-refractivity contribution in [3.63, 3.8) is 0 Å². The molecule has 1 aromatic carbocycles. The first-order valence-corrected chi connectivity index (χ1v) is 7.90. The first-order valence-electron chi connectivity index (χ1n) is 6.92. The van der Waals surface area contributed by atoms with E-state index in [1.807, 2.05) is 36.2 Å². The van der Waals surface area contributed by atoms with E-state index >= 15 is 0 Å². The molecule has 0 saturated carbocycles. The van der Waals surface area contributed by atoms with Crippen LogP contribution in [0.3, 0.4) is 0 Å². The number of nitrogens with one attached hydrogen (secondary N) is 1. The minimum absolute atomic E-state index is 0. The molecule has 0 bridgehead atoms. The summed E-state index contributed by atoms with van der Waals surface area (Å²) >= 11 is 1.59. The van der Waals surface area contributed by atoms with Crippen LogP contribution in [-0.2, 0) is 4.79 Å². The molecule has 21 heavy (non-hydrogen) atoms. The molecule has 1 heterocycles. The molecule has 4 nitrogen and oxygen atoms in total. The maximum atomic E-state index is 12.2. The summed E-state index contributed by atoms with van der Waals surface area (Å²) < 4.78 is 5.12. The molecule has 2 rings (SSSR count). The lowest BCUT2D eigenvalue weighted by Gasteiger charge is -2.16. The molecule has 0 spiro atoms. The molecule has 0 aliphatic carbocycles. The van der Waals surface area contributed by atoms with Crippen LogP contribution < -0.4 is 10.1 Å². The molecule has 1 amide bonds. The highest BCUT2D eigenvalue weighted by Crippen LogP contribution is 2.23. The second-order valence-corrected chi connectivity index (χ2v) is 6.07. The number of thioether (sulfide) groups is 1. The highest BCUT2D eigenvalue weighted by molar-refractivity contribution is 8.00. The summed E-state index contributed by atoms with van der Waals surface area (Å²) in [5.74, 6) is 2.20. The van der Waals surface area contributed by atoms with Crippen molar-refractivity contribution in [3.05, 3.63) is 24.3 Å². The van der Waals surface area contributed by atoms with Gasteiger partial charge in [0, 0.05) is 18.0 Å². The highest BCUT2D eigenvalue weighted by Gasteiger charge is 2.25. The Morgan fingerprint density at radius 1 is 1.43 bits per heavy atom. The van der Waals surface area contributed by atoms with Crippen LogP contribution in [0.1, 0.15) is 6.42 Å². The van der Waals surface area contributed by atoms with Gasteiger partial charge in [0.1, 0.15) is 5.75 Å². The standard InChI is InChI=1S/C15H22N2O2S.ClH/c1-16-9-12-7-8-17(10-12)15(18)11-20-14-5-3-13(19-2)4-6-14;/h3-6,12,16H,7-11H2,1-2H3;1H. The van der Waals surface area contributed by atoms with Crippen molar-refractivity contribution >= 4 is 30.1 Å². The van der Waals surface area contributed by atoms with Crippen molar-refractivity contribution < 1.29 is 9.53 Å². The number of carbonyl (C=O) groups is 1. The van der Waals surface area contributed by atoms with Gasteiger partial charge in [-0.15, -0.1) is 24.2 Å². The Balaban J connectivity index is 0.00000220. The molecular weight excluding hydrogens is 308 g/mol. The molecule has 0 aromatic heterocycles. The van der Waals surface area contributed by atoms with Gasteiger partial charge in [0.15, 0.2) is 0 Å². The van der Waals surface area contributed by atoms with Crippen LogP contribution in [0.25, 0.3) is 0 Å². The lowest BCUT2D eigenvalue weighted by molar-refractivity contribution is -0.127. The van der Waals surface area contributed by atoms with E-state index < -0.39 is 0 Å². The number of carbonyl (C=O) groups excluding carboxylic acids is 1. The highest BCUT2D eigenvalue weighted by atomic mass is 35.5. The normalized spacial score (nSPS) is 17.4. The van der Waals surface area contributed by atoms with Crippen molar-refractivity contribution in [1.82, 2.24) is 10.2 Å². The van der Waals surface area contributed by atoms with Crippen molar-refractivity contribution in [1.29, 1.82) is 0 Å². The molecule has 1 aliphatic heterocycles. The fraction of sp³-hybridized carbons (Fsp3) is 0.533. The largest absolute Gasteiger partial charge is 0.497 e. The average Bonchev–Trinajstić information content (AvgIpc) is 2.94. The van der Waals surface area contributed by atoms with Gasteiger partial charge in [-0.1, -0.05) is 0 Å². The molecule has 0 radical (unpaired) electrons. The SMILES string of the molecule is CNCC1CCN(C(=O)CSc2ccc(OC)cc2)C1.Cl. The van der Waals surface area contributed by atoms with Gasteiger partial charge in [0.2, 0.25) is 5.91 Å². The third-order valence-corrected chi connectivity index (χ3v) is 4.55. The molecule has 1 unspecified atom stereocenters. The molecule has 1 aromatic rings. The van der Waals surface area contributed by atoms with Crippen LogP contribution in [0, 0.1) is 5.92 Å². The number of nitrogens with zero attached hydrogens (tertiary/aromatic N) is 1. The van der Waals surface area contributed by atoms with Crippen LogP contribution in [0.15, 0.2) is 29.2 Å². The van der Waals surface area contributed by atoms with Gasteiger partial charge >= 0.3 is 0 Å². The zero-order valence-electron chi connectivity index (χ0n) is 12.5. The first kappa shape index (κ1) is 18.1. The Labute approximate surface area is 137 Å². The molecule has 1 fully saturated rings. The predicted octanol–water partition coefficient (Wildman–Crippen LogP) is 2.28. The summed E-state index contributed by atoms with van der Waals surface area (Å²) in [6, 6.07) is 7.83. The number of benzene rings is 1. The average molecular weight is 331 g/mol. The minimum atomic E-state index is 0. The smallest absolute Gasteiger partial charge is 0.232 e. The van der Waals surface area contributed by atoms with Gasteiger partial charge in [-0.3, -0.25) is 4.79 Å². The third-order valence-electron chi connectivity index (χ3n) is 3.55. The van der Waals surface area contributed by atoms with Crippen molar-refractivity contribution in [2.24, 2.45) is 5.92 Å². The summed E-state index contributed by atoms with van der Waals surface area (Å²) in [4.78, 5) is 15.2. The maximum absolute atomic E-state index is 12.2. The van der Waals surface area contributed by atoms with Crippen LogP contribution in [0.4, 0.5) is 0 Å². The van der Waals surface area contributed by atoms with E-state index in [4.69, 9.17) is 4.74 Å². The number of rotatable bonds is 6. The number of hydrogen-bond acceptors (Lipinski definition) is 4. The van der Waals surface area contributed by atoms with Gasteiger partial charge in [-0.25, -0.2) is 0 Å². The number of amides is 1. The molecule has 1 atom stereocenters. The van der Waals surface area contributed by atoms with Crippen molar-refractivity contribution in [2.45, 2.75) is 11.3 Å². The molecule has 118 valence electrons. The topological polar surface area (TPSA) is 41.6 Å². The van der Waals surface area contributed by atoms with E-state index in [-0.39, 0.29) is 18.3 Å². The van der Waals surface area contributed by atoms with Crippen molar-refractivity contribution in [2.75, 3.05) is 39.5 Å². The Morgan fingerprint density at radius 3 is 2.76 bits per heavy atom. The van der Waals surface area contributed by atoms with E-state index in [9.17, 15) is 4.79 Å². The summed E-state index contributed by atoms with van der Waals surface area (Å²) in [6.07, 6.45) is 1.11. The second kappa shape index (κ2) is 9.18. The molecular formula is C15H23ClN2O2S. The molecule has 1 saturated heterocycles. The zero-order chi connectivity index (χ0) is 14.4. The quantitative estimate of drug-likeness (QED) is 0.813. The van der Waals surface area contributed by atoms with Gasteiger partial charge in [-0.05, 0) is 50.2 Å².